The van der Waals surface area contributed by atoms with E-state index in [9.17, 15) is 13.2 Å². The number of thiophene rings is 1. The first-order chi connectivity index (χ1) is 11.5. The van der Waals surface area contributed by atoms with Crippen molar-refractivity contribution in [3.63, 3.8) is 0 Å². The third-order valence-corrected chi connectivity index (χ3v) is 7.71. The Bertz CT molecular complexity index is 688. The van der Waals surface area contributed by atoms with Crippen molar-refractivity contribution >= 4 is 38.9 Å². The Morgan fingerprint density at radius 1 is 1.29 bits per heavy atom. The summed E-state index contributed by atoms with van der Waals surface area (Å²) >= 11 is 6.90. The van der Waals surface area contributed by atoms with Crippen molar-refractivity contribution in [1.82, 2.24) is 14.5 Å². The fraction of sp³-hybridized carbons (Fsp3) is 0.643. The van der Waals surface area contributed by atoms with Crippen LogP contribution in [0.4, 0.5) is 0 Å². The van der Waals surface area contributed by atoms with Crippen molar-refractivity contribution < 1.29 is 17.9 Å². The minimum absolute atomic E-state index is 0.0689. The maximum Gasteiger partial charge on any atom is 0.253 e. The fourth-order valence-electron chi connectivity index (χ4n) is 2.85. The average Bonchev–Trinajstić information content (AvgIpc) is 2.88. The van der Waals surface area contributed by atoms with E-state index in [2.05, 4.69) is 5.32 Å². The topological polar surface area (TPSA) is 79.0 Å². The number of amides is 1. The molecule has 1 N–H and O–H groups in total. The van der Waals surface area contributed by atoms with E-state index in [0.717, 1.165) is 17.9 Å². The van der Waals surface area contributed by atoms with Crippen LogP contribution in [0.5, 0.6) is 0 Å². The summed E-state index contributed by atoms with van der Waals surface area (Å²) < 4.78 is 33.0. The van der Waals surface area contributed by atoms with E-state index in [1.165, 1.54) is 10.4 Å². The lowest BCUT2D eigenvalue weighted by atomic mass is 10.2. The Balaban J connectivity index is 1.65. The van der Waals surface area contributed by atoms with Gasteiger partial charge >= 0.3 is 0 Å². The van der Waals surface area contributed by atoms with Crippen LogP contribution in [0.15, 0.2) is 16.3 Å². The average molecular weight is 394 g/mol. The molecule has 1 atom stereocenters. The highest BCUT2D eigenvalue weighted by Crippen LogP contribution is 2.28. The molecule has 1 aromatic rings. The summed E-state index contributed by atoms with van der Waals surface area (Å²) in [6.45, 7) is 3.36. The highest BCUT2D eigenvalue weighted by Gasteiger charge is 2.32. The molecule has 2 aliphatic heterocycles. The van der Waals surface area contributed by atoms with E-state index in [-0.39, 0.29) is 16.7 Å². The Hall–Kier alpha value is -0.710. The summed E-state index contributed by atoms with van der Waals surface area (Å²) in [6, 6.07) is 3.11. The second-order valence-electron chi connectivity index (χ2n) is 5.71. The van der Waals surface area contributed by atoms with Crippen LogP contribution >= 0.6 is 22.9 Å². The van der Waals surface area contributed by atoms with Crippen molar-refractivity contribution in [2.45, 2.75) is 16.7 Å². The molecule has 1 aromatic heterocycles. The number of nitrogens with one attached hydrogen (secondary N) is 1. The van der Waals surface area contributed by atoms with Gasteiger partial charge in [-0.3, -0.25) is 4.79 Å². The highest BCUT2D eigenvalue weighted by atomic mass is 35.5. The first kappa shape index (κ1) is 18.1. The van der Waals surface area contributed by atoms with Gasteiger partial charge in [0.15, 0.2) is 0 Å². The van der Waals surface area contributed by atoms with Gasteiger partial charge in [0.05, 0.1) is 10.9 Å². The van der Waals surface area contributed by atoms with Gasteiger partial charge in [0.1, 0.15) is 10.3 Å². The van der Waals surface area contributed by atoms with Gasteiger partial charge in [-0.2, -0.15) is 4.31 Å². The molecule has 0 spiro atoms. The Kier molecular flexibility index (Phi) is 5.78. The smallest absolute Gasteiger partial charge is 0.253 e. The molecule has 3 rings (SSSR count). The van der Waals surface area contributed by atoms with E-state index in [1.54, 1.807) is 11.0 Å². The second-order valence-corrected chi connectivity index (χ2v) is 9.58. The highest BCUT2D eigenvalue weighted by molar-refractivity contribution is 7.91. The number of carbonyl (C=O) groups is 1. The van der Waals surface area contributed by atoms with Crippen LogP contribution in [-0.2, 0) is 19.6 Å². The number of hydrogen-bond acceptors (Lipinski definition) is 6. The lowest BCUT2D eigenvalue weighted by Crippen LogP contribution is -2.50. The quantitative estimate of drug-likeness (QED) is 0.814. The Morgan fingerprint density at radius 2 is 2.12 bits per heavy atom. The van der Waals surface area contributed by atoms with Gasteiger partial charge in [0.25, 0.3) is 15.9 Å². The van der Waals surface area contributed by atoms with Gasteiger partial charge in [-0.15, -0.1) is 11.3 Å². The van der Waals surface area contributed by atoms with Crippen molar-refractivity contribution in [3.05, 3.63) is 16.5 Å². The number of hydrogen-bond donors (Lipinski definition) is 1. The van der Waals surface area contributed by atoms with Crippen molar-refractivity contribution in [1.29, 1.82) is 0 Å². The molecule has 0 saturated carbocycles. The predicted molar refractivity (Wildman–Crippen MR) is 91.9 cm³/mol. The standard InChI is InChI=1S/C14H20ClN3O4S2/c15-12-2-3-13(23-12)24(20,21)18-6-1-5-17(7-8-18)14(19)11-10-16-4-9-22-11/h2-3,11,16H,1,4-10H2. The predicted octanol–water partition coefficient (Wildman–Crippen LogP) is 0.613. The summed E-state index contributed by atoms with van der Waals surface area (Å²) in [5, 5.41) is 3.14. The Morgan fingerprint density at radius 3 is 2.79 bits per heavy atom. The van der Waals surface area contributed by atoms with Gasteiger partial charge in [-0.25, -0.2) is 8.42 Å². The van der Waals surface area contributed by atoms with E-state index in [0.29, 0.717) is 43.5 Å². The van der Waals surface area contributed by atoms with Gasteiger partial charge in [0.2, 0.25) is 0 Å². The number of halogens is 1. The third-order valence-electron chi connectivity index (χ3n) is 4.11. The summed E-state index contributed by atoms with van der Waals surface area (Å²) in [5.74, 6) is -0.0689. The van der Waals surface area contributed by atoms with E-state index in [4.69, 9.17) is 16.3 Å². The molecular formula is C14H20ClN3O4S2. The SMILES string of the molecule is O=C(C1CNCCO1)N1CCCN(S(=O)(=O)c2ccc(Cl)s2)CC1. The molecule has 10 heteroatoms. The normalized spacial score (nSPS) is 23.9. The molecule has 0 aliphatic carbocycles. The molecule has 0 radical (unpaired) electrons. The summed E-state index contributed by atoms with van der Waals surface area (Å²) in [4.78, 5) is 14.2. The molecule has 2 saturated heterocycles. The lowest BCUT2D eigenvalue weighted by Gasteiger charge is -2.29. The Labute approximate surface area is 150 Å². The van der Waals surface area contributed by atoms with Crippen LogP contribution in [0, 0.1) is 0 Å². The molecule has 1 unspecified atom stereocenters. The van der Waals surface area contributed by atoms with Crippen LogP contribution in [0.2, 0.25) is 4.34 Å². The minimum Gasteiger partial charge on any atom is -0.366 e. The van der Waals surface area contributed by atoms with E-state index < -0.39 is 16.1 Å². The molecule has 2 aliphatic rings. The van der Waals surface area contributed by atoms with Crippen molar-refractivity contribution in [2.75, 3.05) is 45.9 Å². The molecule has 24 heavy (non-hydrogen) atoms. The molecule has 1 amide bonds. The molecular weight excluding hydrogens is 374 g/mol. The van der Waals surface area contributed by atoms with Gasteiger partial charge in [0, 0.05) is 39.3 Å². The van der Waals surface area contributed by atoms with Crippen LogP contribution in [0.3, 0.4) is 0 Å². The maximum atomic E-state index is 12.7. The van der Waals surface area contributed by atoms with Crippen LogP contribution in [0.25, 0.3) is 0 Å². The number of morpholine rings is 1. The minimum atomic E-state index is -3.55. The second kappa shape index (κ2) is 7.67. The number of rotatable bonds is 3. The first-order valence-corrected chi connectivity index (χ1v) is 10.5. The molecule has 2 fully saturated rings. The first-order valence-electron chi connectivity index (χ1n) is 7.85. The third kappa shape index (κ3) is 3.92. The zero-order valence-corrected chi connectivity index (χ0v) is 15.5. The number of nitrogens with zero attached hydrogens (tertiary/aromatic N) is 2. The maximum absolute atomic E-state index is 12.7. The summed E-state index contributed by atoms with van der Waals surface area (Å²) in [6.07, 6.45) is 0.127. The molecule has 7 nitrogen and oxygen atoms in total. The van der Waals surface area contributed by atoms with Crippen LogP contribution in [0.1, 0.15) is 6.42 Å². The number of ether oxygens (including phenoxy) is 1. The van der Waals surface area contributed by atoms with Crippen molar-refractivity contribution in [2.24, 2.45) is 0 Å². The largest absolute Gasteiger partial charge is 0.366 e. The molecule has 0 bridgehead atoms. The van der Waals surface area contributed by atoms with Crippen LogP contribution < -0.4 is 5.32 Å². The molecule has 3 heterocycles. The van der Waals surface area contributed by atoms with Gasteiger partial charge < -0.3 is 15.0 Å². The zero-order chi connectivity index (χ0) is 17.2. The van der Waals surface area contributed by atoms with Gasteiger partial charge in [-0.05, 0) is 18.6 Å². The van der Waals surface area contributed by atoms with Gasteiger partial charge in [-0.1, -0.05) is 11.6 Å². The fourth-order valence-corrected chi connectivity index (χ4v) is 5.95. The lowest BCUT2D eigenvalue weighted by molar-refractivity contribution is -0.145. The number of carbonyl (C=O) groups excluding carboxylic acids is 1. The van der Waals surface area contributed by atoms with E-state index in [1.807, 2.05) is 0 Å². The summed E-state index contributed by atoms with van der Waals surface area (Å²) in [7, 11) is -3.55. The monoisotopic (exact) mass is 393 g/mol. The zero-order valence-electron chi connectivity index (χ0n) is 13.1. The van der Waals surface area contributed by atoms with Crippen LogP contribution in [-0.4, -0.2) is 75.5 Å². The van der Waals surface area contributed by atoms with E-state index >= 15 is 0 Å². The molecule has 0 aromatic carbocycles. The molecule has 134 valence electrons. The number of sulfonamides is 1. The summed E-state index contributed by atoms with van der Waals surface area (Å²) in [5.41, 5.74) is 0. The van der Waals surface area contributed by atoms with Crippen molar-refractivity contribution in [3.8, 4) is 0 Å².